The van der Waals surface area contributed by atoms with E-state index in [1.807, 2.05) is 0 Å². The summed E-state index contributed by atoms with van der Waals surface area (Å²) in [6.45, 7) is 5.72. The normalized spacial score (nSPS) is 22.7. The average Bonchev–Trinajstić information content (AvgIpc) is 3.21. The van der Waals surface area contributed by atoms with Gasteiger partial charge in [-0.3, -0.25) is 4.79 Å². The van der Waals surface area contributed by atoms with Crippen molar-refractivity contribution >= 4 is 5.91 Å². The first-order valence-electron chi connectivity index (χ1n) is 23.5. The van der Waals surface area contributed by atoms with Gasteiger partial charge in [-0.1, -0.05) is 174 Å². The highest BCUT2D eigenvalue weighted by molar-refractivity contribution is 5.80. The van der Waals surface area contributed by atoms with Crippen LogP contribution in [0.25, 0.3) is 0 Å². The molecular weight excluding hydrogens is 727 g/mol. The minimum Gasteiger partial charge on any atom is -0.394 e. The zero-order valence-corrected chi connectivity index (χ0v) is 36.5. The van der Waals surface area contributed by atoms with E-state index in [9.17, 15) is 40.5 Å². The van der Waals surface area contributed by atoms with Gasteiger partial charge in [0.25, 0.3) is 0 Å². The summed E-state index contributed by atoms with van der Waals surface area (Å²) in [5, 5.41) is 75.6. The first-order chi connectivity index (χ1) is 27.6. The molecule has 0 radical (unpaired) electrons. The Kier molecular flexibility index (Phi) is 33.6. The lowest BCUT2D eigenvalue weighted by Crippen LogP contribution is -2.60. The van der Waals surface area contributed by atoms with Gasteiger partial charge in [-0.2, -0.15) is 0 Å². The summed E-state index contributed by atoms with van der Waals surface area (Å²) in [5.41, 5.74) is 0. The monoisotopic (exact) mass is 816 g/mol. The van der Waals surface area contributed by atoms with E-state index in [0.717, 1.165) is 44.4 Å². The Morgan fingerprint density at radius 3 is 1.63 bits per heavy atom. The smallest absolute Gasteiger partial charge is 0.249 e. The standard InChI is InChI=1S/C46H89NO10/c1-4-6-7-8-9-10-11-12-13-14-15-16-17-18-19-20-23-27-30-33-39(50)45(55)47-37(35-56-46-44(54)43(53)42(52)40(34-48)57-46)41(51)38(49)32-29-26-24-21-22-25-28-31-36(3)5-2/h10-11,36-44,46,48-54H,4-9,12-35H2,1-3H3,(H,47,55)/b11-10-/t36?,37-,38+,39+,40+,41-,42+,43-,44+,46+/m0/s1. The van der Waals surface area contributed by atoms with Crippen molar-refractivity contribution in [2.24, 2.45) is 5.92 Å². The van der Waals surface area contributed by atoms with Crippen LogP contribution < -0.4 is 5.32 Å². The van der Waals surface area contributed by atoms with Crippen LogP contribution in [0, 0.1) is 5.92 Å². The number of hydrogen-bond acceptors (Lipinski definition) is 10. The topological polar surface area (TPSA) is 189 Å². The molecular formula is C46H89NO10. The van der Waals surface area contributed by atoms with Crippen molar-refractivity contribution in [3.63, 3.8) is 0 Å². The number of unbranched alkanes of at least 4 members (excludes halogenated alkanes) is 21. The Hall–Kier alpha value is -1.15. The van der Waals surface area contributed by atoms with E-state index in [-0.39, 0.29) is 6.42 Å². The molecule has 1 rings (SSSR count). The molecule has 1 aliphatic heterocycles. The van der Waals surface area contributed by atoms with E-state index in [2.05, 4.69) is 38.2 Å². The molecule has 338 valence electrons. The lowest BCUT2D eigenvalue weighted by Gasteiger charge is -2.40. The van der Waals surface area contributed by atoms with E-state index in [1.54, 1.807) is 0 Å². The van der Waals surface area contributed by atoms with Crippen LogP contribution in [0.1, 0.15) is 201 Å². The first kappa shape index (κ1) is 53.9. The molecule has 1 amide bonds. The van der Waals surface area contributed by atoms with Crippen molar-refractivity contribution < 1.29 is 50.0 Å². The fourth-order valence-corrected chi connectivity index (χ4v) is 7.53. The number of nitrogens with one attached hydrogen (secondary N) is 1. The van der Waals surface area contributed by atoms with Crippen molar-refractivity contribution in [3.8, 4) is 0 Å². The van der Waals surface area contributed by atoms with Crippen molar-refractivity contribution in [1.29, 1.82) is 0 Å². The minimum atomic E-state index is -1.66. The van der Waals surface area contributed by atoms with E-state index in [1.165, 1.54) is 116 Å². The first-order valence-corrected chi connectivity index (χ1v) is 23.5. The third-order valence-electron chi connectivity index (χ3n) is 11.9. The molecule has 1 heterocycles. The third-order valence-corrected chi connectivity index (χ3v) is 11.9. The minimum absolute atomic E-state index is 0.260. The molecule has 1 saturated heterocycles. The van der Waals surface area contributed by atoms with Crippen LogP contribution in [-0.2, 0) is 14.3 Å². The number of allylic oxidation sites excluding steroid dienone is 2. The number of amides is 1. The predicted molar refractivity (Wildman–Crippen MR) is 229 cm³/mol. The van der Waals surface area contributed by atoms with E-state index in [0.29, 0.717) is 19.3 Å². The zero-order chi connectivity index (χ0) is 42.1. The van der Waals surface area contributed by atoms with Crippen molar-refractivity contribution in [1.82, 2.24) is 5.32 Å². The van der Waals surface area contributed by atoms with Gasteiger partial charge in [0, 0.05) is 0 Å². The molecule has 0 saturated carbocycles. The molecule has 0 aromatic heterocycles. The van der Waals surface area contributed by atoms with Gasteiger partial charge in [-0.05, 0) is 44.4 Å². The molecule has 11 nitrogen and oxygen atoms in total. The molecule has 57 heavy (non-hydrogen) atoms. The number of aliphatic hydroxyl groups is 7. The molecule has 10 atom stereocenters. The summed E-state index contributed by atoms with van der Waals surface area (Å²) in [6, 6.07) is -1.16. The number of ether oxygens (including phenoxy) is 2. The molecule has 0 aromatic rings. The van der Waals surface area contributed by atoms with Crippen LogP contribution in [-0.4, -0.2) is 110 Å². The number of carbonyl (C=O) groups is 1. The summed E-state index contributed by atoms with van der Waals surface area (Å²) in [5.74, 6) is 0.0787. The van der Waals surface area contributed by atoms with Gasteiger partial charge in [0.15, 0.2) is 6.29 Å². The highest BCUT2D eigenvalue weighted by atomic mass is 16.7. The molecule has 1 fully saturated rings. The fourth-order valence-electron chi connectivity index (χ4n) is 7.53. The summed E-state index contributed by atoms with van der Waals surface area (Å²) < 4.78 is 11.1. The second-order valence-corrected chi connectivity index (χ2v) is 17.1. The van der Waals surface area contributed by atoms with Gasteiger partial charge in [0.2, 0.25) is 5.91 Å². The lowest BCUT2D eigenvalue weighted by atomic mass is 9.98. The number of rotatable bonds is 38. The van der Waals surface area contributed by atoms with Crippen LogP contribution in [0.4, 0.5) is 0 Å². The number of hydrogen-bond donors (Lipinski definition) is 8. The SMILES string of the molecule is CCCCCC/C=C\CCCCCCCCCCCCC[C@@H](O)C(=O)N[C@@H](CO[C@@H]1O[C@H](CO)[C@@H](O)[C@H](O)[C@H]1O)[C@H](O)[C@H](O)CCCCCCCCCC(C)CC. The van der Waals surface area contributed by atoms with E-state index >= 15 is 0 Å². The van der Waals surface area contributed by atoms with Crippen LogP contribution in [0.3, 0.4) is 0 Å². The summed E-state index contributed by atoms with van der Waals surface area (Å²) in [7, 11) is 0. The van der Waals surface area contributed by atoms with E-state index < -0.39 is 74.2 Å². The number of aliphatic hydroxyl groups excluding tert-OH is 7. The predicted octanol–water partition coefficient (Wildman–Crippen LogP) is 7.53. The Morgan fingerprint density at radius 2 is 1.12 bits per heavy atom. The molecule has 11 heteroatoms. The van der Waals surface area contributed by atoms with Gasteiger partial charge in [-0.25, -0.2) is 0 Å². The van der Waals surface area contributed by atoms with Crippen LogP contribution in [0.2, 0.25) is 0 Å². The summed E-state index contributed by atoms with van der Waals surface area (Å²) in [6.07, 6.45) is 24.1. The molecule has 0 spiro atoms. The molecule has 1 aliphatic rings. The van der Waals surface area contributed by atoms with Crippen LogP contribution >= 0.6 is 0 Å². The lowest BCUT2D eigenvalue weighted by molar-refractivity contribution is -0.303. The second-order valence-electron chi connectivity index (χ2n) is 17.1. The molecule has 0 bridgehead atoms. The van der Waals surface area contributed by atoms with Gasteiger partial charge < -0.3 is 50.5 Å². The molecule has 1 unspecified atom stereocenters. The highest BCUT2D eigenvalue weighted by Gasteiger charge is 2.44. The van der Waals surface area contributed by atoms with Gasteiger partial charge >= 0.3 is 0 Å². The maximum absolute atomic E-state index is 13.1. The maximum Gasteiger partial charge on any atom is 0.249 e. The van der Waals surface area contributed by atoms with Crippen LogP contribution in [0.15, 0.2) is 12.2 Å². The van der Waals surface area contributed by atoms with Crippen molar-refractivity contribution in [3.05, 3.63) is 12.2 Å². The molecule has 0 aromatic carbocycles. The molecule has 0 aliphatic carbocycles. The average molecular weight is 816 g/mol. The second kappa shape index (κ2) is 35.6. The maximum atomic E-state index is 13.1. The quantitative estimate of drug-likeness (QED) is 0.0229. The molecule has 8 N–H and O–H groups in total. The van der Waals surface area contributed by atoms with Gasteiger partial charge in [0.05, 0.1) is 25.4 Å². The summed E-state index contributed by atoms with van der Waals surface area (Å²) in [4.78, 5) is 13.1. The summed E-state index contributed by atoms with van der Waals surface area (Å²) >= 11 is 0. The van der Waals surface area contributed by atoms with Crippen LogP contribution in [0.5, 0.6) is 0 Å². The number of carbonyl (C=O) groups excluding carboxylic acids is 1. The Morgan fingerprint density at radius 1 is 0.649 bits per heavy atom. The fraction of sp³-hybridized carbons (Fsp3) is 0.935. The highest BCUT2D eigenvalue weighted by Crippen LogP contribution is 2.23. The zero-order valence-electron chi connectivity index (χ0n) is 36.5. The van der Waals surface area contributed by atoms with Gasteiger partial charge in [0.1, 0.15) is 36.6 Å². The Bertz CT molecular complexity index is 954. The largest absolute Gasteiger partial charge is 0.394 e. The Labute approximate surface area is 347 Å². The Balaban J connectivity index is 2.42. The van der Waals surface area contributed by atoms with Crippen molar-refractivity contribution in [2.75, 3.05) is 13.2 Å². The van der Waals surface area contributed by atoms with Crippen molar-refractivity contribution in [2.45, 2.75) is 256 Å². The van der Waals surface area contributed by atoms with Gasteiger partial charge in [-0.15, -0.1) is 0 Å². The van der Waals surface area contributed by atoms with E-state index in [4.69, 9.17) is 9.47 Å². The third kappa shape index (κ3) is 25.9.